The van der Waals surface area contributed by atoms with Gasteiger partial charge < -0.3 is 15.1 Å². The van der Waals surface area contributed by atoms with E-state index in [1.807, 2.05) is 11.8 Å². The second-order valence-corrected chi connectivity index (χ2v) is 5.80. The third-order valence-electron chi connectivity index (χ3n) is 4.28. The summed E-state index contributed by atoms with van der Waals surface area (Å²) in [4.78, 5) is 14.4. The van der Waals surface area contributed by atoms with Crippen molar-refractivity contribution in [3.05, 3.63) is 59.3 Å². The Morgan fingerprint density at radius 1 is 1.41 bits per heavy atom. The minimum absolute atomic E-state index is 0.0411. The van der Waals surface area contributed by atoms with Crippen molar-refractivity contribution in [1.29, 1.82) is 0 Å². The molecule has 0 radical (unpaired) electrons. The number of carbonyl (C=O) groups excluding carboxylic acids is 1. The van der Waals surface area contributed by atoms with Crippen LogP contribution in [-0.4, -0.2) is 23.4 Å². The number of hydrogen-bond acceptors (Lipinski definition) is 3. The van der Waals surface area contributed by atoms with E-state index in [1.54, 1.807) is 18.2 Å². The molecular formula is C17H19FN2O2. The summed E-state index contributed by atoms with van der Waals surface area (Å²) in [6.07, 6.45) is 2.33. The second kappa shape index (κ2) is 5.93. The molecule has 0 saturated carbocycles. The van der Waals surface area contributed by atoms with Crippen molar-refractivity contribution < 1.29 is 13.6 Å². The van der Waals surface area contributed by atoms with Crippen LogP contribution in [0.5, 0.6) is 0 Å². The van der Waals surface area contributed by atoms with Gasteiger partial charge in [-0.25, -0.2) is 4.39 Å². The van der Waals surface area contributed by atoms with Crippen molar-refractivity contribution in [2.45, 2.75) is 31.8 Å². The number of carbonyl (C=O) groups is 1. The van der Waals surface area contributed by atoms with Crippen LogP contribution >= 0.6 is 0 Å². The molecule has 0 spiro atoms. The van der Waals surface area contributed by atoms with Crippen molar-refractivity contribution in [2.75, 3.05) is 6.54 Å². The Labute approximate surface area is 128 Å². The van der Waals surface area contributed by atoms with E-state index in [-0.39, 0.29) is 30.2 Å². The average molecular weight is 302 g/mol. The highest BCUT2D eigenvalue weighted by Gasteiger charge is 2.34. The Kier molecular flexibility index (Phi) is 3.98. The first-order valence-electron chi connectivity index (χ1n) is 7.42. The smallest absolute Gasteiger partial charge is 0.257 e. The van der Waals surface area contributed by atoms with Crippen LogP contribution in [0.4, 0.5) is 4.39 Å². The van der Waals surface area contributed by atoms with E-state index in [2.05, 4.69) is 0 Å². The lowest BCUT2D eigenvalue weighted by Crippen LogP contribution is -2.33. The highest BCUT2D eigenvalue weighted by Crippen LogP contribution is 2.32. The summed E-state index contributed by atoms with van der Waals surface area (Å²) in [5.41, 5.74) is 7.11. The molecule has 5 heteroatoms. The van der Waals surface area contributed by atoms with Crippen LogP contribution in [0.15, 0.2) is 41.0 Å². The molecule has 22 heavy (non-hydrogen) atoms. The molecule has 0 bridgehead atoms. The van der Waals surface area contributed by atoms with Crippen molar-refractivity contribution >= 4 is 5.91 Å². The molecule has 0 aliphatic carbocycles. The average Bonchev–Trinajstić information content (AvgIpc) is 3.14. The summed E-state index contributed by atoms with van der Waals surface area (Å²) in [5.74, 6) is 0.557. The van der Waals surface area contributed by atoms with E-state index in [1.165, 1.54) is 18.4 Å². The summed E-state index contributed by atoms with van der Waals surface area (Å²) < 4.78 is 18.3. The lowest BCUT2D eigenvalue weighted by atomic mass is 9.97. The fourth-order valence-electron chi connectivity index (χ4n) is 3.06. The molecule has 2 aromatic rings. The SMILES string of the molecule is CC1CC(c2ccc(F)cc2)CN1C(=O)c1coc(CN)c1. The van der Waals surface area contributed by atoms with Crippen LogP contribution in [0.3, 0.4) is 0 Å². The summed E-state index contributed by atoms with van der Waals surface area (Å²) >= 11 is 0. The number of likely N-dealkylation sites (tertiary alicyclic amines) is 1. The van der Waals surface area contributed by atoms with E-state index in [0.29, 0.717) is 17.9 Å². The molecule has 1 aromatic heterocycles. The maximum absolute atomic E-state index is 13.0. The van der Waals surface area contributed by atoms with Crippen LogP contribution in [0, 0.1) is 5.82 Å². The first kappa shape index (κ1) is 14.8. The van der Waals surface area contributed by atoms with Gasteiger partial charge >= 0.3 is 0 Å². The van der Waals surface area contributed by atoms with E-state index in [9.17, 15) is 9.18 Å². The Morgan fingerprint density at radius 2 is 2.14 bits per heavy atom. The lowest BCUT2D eigenvalue weighted by Gasteiger charge is -2.20. The van der Waals surface area contributed by atoms with Crippen LogP contribution < -0.4 is 5.73 Å². The van der Waals surface area contributed by atoms with Crippen LogP contribution in [0.1, 0.15) is 40.9 Å². The van der Waals surface area contributed by atoms with Gasteiger partial charge in [-0.3, -0.25) is 4.79 Å². The highest BCUT2D eigenvalue weighted by molar-refractivity contribution is 5.94. The standard InChI is InChI=1S/C17H19FN2O2/c1-11-6-13(12-2-4-15(18)5-3-12)9-20(11)17(21)14-7-16(8-19)22-10-14/h2-5,7,10-11,13H,6,8-9,19H2,1H3. The molecule has 2 N–H and O–H groups in total. The van der Waals surface area contributed by atoms with Gasteiger partial charge in [-0.2, -0.15) is 0 Å². The Bertz CT molecular complexity index is 666. The number of rotatable bonds is 3. The first-order chi connectivity index (χ1) is 10.6. The molecule has 1 aliphatic rings. The Morgan fingerprint density at radius 3 is 2.77 bits per heavy atom. The minimum Gasteiger partial charge on any atom is -0.467 e. The molecule has 1 aliphatic heterocycles. The predicted molar refractivity (Wildman–Crippen MR) is 80.9 cm³/mol. The fourth-order valence-corrected chi connectivity index (χ4v) is 3.06. The third kappa shape index (κ3) is 2.76. The Hall–Kier alpha value is -2.14. The summed E-state index contributed by atoms with van der Waals surface area (Å²) in [7, 11) is 0. The molecule has 3 rings (SSSR count). The largest absolute Gasteiger partial charge is 0.467 e. The zero-order chi connectivity index (χ0) is 15.7. The number of hydrogen-bond donors (Lipinski definition) is 1. The van der Waals surface area contributed by atoms with Gasteiger partial charge in [-0.15, -0.1) is 0 Å². The molecule has 2 heterocycles. The summed E-state index contributed by atoms with van der Waals surface area (Å²) in [6, 6.07) is 8.36. The van der Waals surface area contributed by atoms with Gasteiger partial charge in [0.15, 0.2) is 0 Å². The maximum Gasteiger partial charge on any atom is 0.257 e. The molecule has 116 valence electrons. The molecule has 1 saturated heterocycles. The van der Waals surface area contributed by atoms with E-state index in [0.717, 1.165) is 12.0 Å². The van der Waals surface area contributed by atoms with Gasteiger partial charge in [0.05, 0.1) is 12.1 Å². The normalized spacial score (nSPS) is 21.3. The van der Waals surface area contributed by atoms with Gasteiger partial charge in [-0.05, 0) is 37.1 Å². The molecule has 1 amide bonds. The highest BCUT2D eigenvalue weighted by atomic mass is 19.1. The molecule has 1 aromatic carbocycles. The third-order valence-corrected chi connectivity index (χ3v) is 4.28. The lowest BCUT2D eigenvalue weighted by molar-refractivity contribution is 0.0745. The van der Waals surface area contributed by atoms with Crippen molar-refractivity contribution in [3.63, 3.8) is 0 Å². The number of benzene rings is 1. The van der Waals surface area contributed by atoms with E-state index in [4.69, 9.17) is 10.2 Å². The molecular weight excluding hydrogens is 283 g/mol. The molecule has 4 nitrogen and oxygen atoms in total. The maximum atomic E-state index is 13.0. The van der Waals surface area contributed by atoms with Gasteiger partial charge in [0.1, 0.15) is 17.8 Å². The summed E-state index contributed by atoms with van der Waals surface area (Å²) in [6.45, 7) is 2.95. The monoisotopic (exact) mass is 302 g/mol. The quantitative estimate of drug-likeness (QED) is 0.948. The number of halogens is 1. The second-order valence-electron chi connectivity index (χ2n) is 5.80. The number of nitrogens with two attached hydrogens (primary N) is 1. The van der Waals surface area contributed by atoms with Gasteiger partial charge in [0.25, 0.3) is 5.91 Å². The van der Waals surface area contributed by atoms with E-state index >= 15 is 0 Å². The molecule has 2 atom stereocenters. The van der Waals surface area contributed by atoms with Gasteiger partial charge in [-0.1, -0.05) is 12.1 Å². The van der Waals surface area contributed by atoms with Crippen molar-refractivity contribution in [3.8, 4) is 0 Å². The topological polar surface area (TPSA) is 59.5 Å². The zero-order valence-corrected chi connectivity index (χ0v) is 12.5. The van der Waals surface area contributed by atoms with E-state index < -0.39 is 0 Å². The van der Waals surface area contributed by atoms with Crippen LogP contribution in [0.2, 0.25) is 0 Å². The van der Waals surface area contributed by atoms with Gasteiger partial charge in [0.2, 0.25) is 0 Å². The van der Waals surface area contributed by atoms with Crippen molar-refractivity contribution in [1.82, 2.24) is 4.90 Å². The number of amides is 1. The zero-order valence-electron chi connectivity index (χ0n) is 12.5. The van der Waals surface area contributed by atoms with Crippen LogP contribution in [0.25, 0.3) is 0 Å². The first-order valence-corrected chi connectivity index (χ1v) is 7.42. The fraction of sp³-hybridized carbons (Fsp3) is 0.353. The Balaban J connectivity index is 1.75. The van der Waals surface area contributed by atoms with Gasteiger partial charge in [0, 0.05) is 18.5 Å². The molecule has 2 unspecified atom stereocenters. The minimum atomic E-state index is -0.240. The number of furan rings is 1. The summed E-state index contributed by atoms with van der Waals surface area (Å²) in [5, 5.41) is 0. The predicted octanol–water partition coefficient (Wildman–Crippen LogP) is 2.90. The number of nitrogens with zero attached hydrogens (tertiary/aromatic N) is 1. The van der Waals surface area contributed by atoms with Crippen molar-refractivity contribution in [2.24, 2.45) is 5.73 Å². The molecule has 1 fully saturated rings. The van der Waals surface area contributed by atoms with Crippen LogP contribution in [-0.2, 0) is 6.54 Å².